The Morgan fingerprint density at radius 1 is 1.50 bits per heavy atom. The molecule has 16 heavy (non-hydrogen) atoms. The minimum absolute atomic E-state index is 0.0440. The van der Waals surface area contributed by atoms with Gasteiger partial charge in [0.25, 0.3) is 0 Å². The Kier molecular flexibility index (Phi) is 4.40. The third-order valence-corrected chi connectivity index (χ3v) is 3.16. The fourth-order valence-corrected chi connectivity index (χ4v) is 2.36. The molecule has 0 saturated carbocycles. The Balaban J connectivity index is 2.66. The van der Waals surface area contributed by atoms with E-state index in [-0.39, 0.29) is 12.3 Å². The SMILES string of the molecule is CC(O)CNS(=O)(=O)Cc1cccc(F)c1. The highest BCUT2D eigenvalue weighted by atomic mass is 32.2. The summed E-state index contributed by atoms with van der Waals surface area (Å²) in [6.07, 6.45) is -0.748. The normalized spacial score (nSPS) is 13.7. The van der Waals surface area contributed by atoms with Gasteiger partial charge in [-0.15, -0.1) is 0 Å². The first-order valence-corrected chi connectivity index (χ1v) is 6.44. The van der Waals surface area contributed by atoms with Crippen LogP contribution in [0, 0.1) is 5.82 Å². The standard InChI is InChI=1S/C10H14FNO3S/c1-8(13)6-12-16(14,15)7-9-3-2-4-10(11)5-9/h2-5,8,12-13H,6-7H2,1H3. The molecule has 0 amide bonds. The molecule has 1 aromatic carbocycles. The van der Waals surface area contributed by atoms with Crippen molar-refractivity contribution in [3.8, 4) is 0 Å². The fourth-order valence-electron chi connectivity index (χ4n) is 1.14. The number of hydrogen-bond donors (Lipinski definition) is 2. The van der Waals surface area contributed by atoms with Crippen molar-refractivity contribution in [1.82, 2.24) is 4.72 Å². The molecular formula is C10H14FNO3S. The summed E-state index contributed by atoms with van der Waals surface area (Å²) in [5, 5.41) is 8.94. The van der Waals surface area contributed by atoms with E-state index in [2.05, 4.69) is 4.72 Å². The first kappa shape index (κ1) is 13.1. The van der Waals surface area contributed by atoms with E-state index in [1.807, 2.05) is 0 Å². The van der Waals surface area contributed by atoms with Crippen LogP contribution in [0.2, 0.25) is 0 Å². The highest BCUT2D eigenvalue weighted by Gasteiger charge is 2.12. The van der Waals surface area contributed by atoms with E-state index in [1.165, 1.54) is 31.2 Å². The highest BCUT2D eigenvalue weighted by molar-refractivity contribution is 7.88. The van der Waals surface area contributed by atoms with Crippen LogP contribution in [0.25, 0.3) is 0 Å². The maximum atomic E-state index is 12.8. The molecule has 0 aliphatic rings. The summed E-state index contributed by atoms with van der Waals surface area (Å²) >= 11 is 0. The number of benzene rings is 1. The number of halogens is 1. The van der Waals surface area contributed by atoms with Gasteiger partial charge in [0.15, 0.2) is 0 Å². The van der Waals surface area contributed by atoms with E-state index in [0.717, 1.165) is 0 Å². The third kappa shape index (κ3) is 4.69. The van der Waals surface area contributed by atoms with Gasteiger partial charge in [0.2, 0.25) is 10.0 Å². The maximum absolute atomic E-state index is 12.8. The Hall–Kier alpha value is -0.980. The van der Waals surface area contributed by atoms with E-state index in [9.17, 15) is 12.8 Å². The molecule has 4 nitrogen and oxygen atoms in total. The second kappa shape index (κ2) is 5.38. The Labute approximate surface area is 94.2 Å². The number of aliphatic hydroxyl groups is 1. The average Bonchev–Trinajstić information content (AvgIpc) is 2.14. The molecule has 0 saturated heterocycles. The van der Waals surface area contributed by atoms with Crippen molar-refractivity contribution in [3.05, 3.63) is 35.6 Å². The van der Waals surface area contributed by atoms with Crippen molar-refractivity contribution in [2.75, 3.05) is 6.54 Å². The minimum atomic E-state index is -3.52. The van der Waals surface area contributed by atoms with Crippen LogP contribution in [0.4, 0.5) is 4.39 Å². The second-order valence-corrected chi connectivity index (χ2v) is 5.39. The number of rotatable bonds is 5. The van der Waals surface area contributed by atoms with Crippen molar-refractivity contribution >= 4 is 10.0 Å². The van der Waals surface area contributed by atoms with Crippen molar-refractivity contribution in [1.29, 1.82) is 0 Å². The zero-order chi connectivity index (χ0) is 12.2. The minimum Gasteiger partial charge on any atom is -0.392 e. The van der Waals surface area contributed by atoms with Crippen molar-refractivity contribution in [2.45, 2.75) is 18.8 Å². The van der Waals surface area contributed by atoms with Gasteiger partial charge in [0.05, 0.1) is 11.9 Å². The molecule has 1 unspecified atom stereocenters. The van der Waals surface area contributed by atoms with Crippen LogP contribution in [0.3, 0.4) is 0 Å². The summed E-state index contributed by atoms with van der Waals surface area (Å²) < 4.78 is 38.0. The van der Waals surface area contributed by atoms with Crippen LogP contribution < -0.4 is 4.72 Å². The van der Waals surface area contributed by atoms with Gasteiger partial charge < -0.3 is 5.11 Å². The van der Waals surface area contributed by atoms with Crippen LogP contribution in [0.1, 0.15) is 12.5 Å². The molecule has 1 aromatic rings. The largest absolute Gasteiger partial charge is 0.392 e. The number of sulfonamides is 1. The lowest BCUT2D eigenvalue weighted by molar-refractivity contribution is 0.198. The fraction of sp³-hybridized carbons (Fsp3) is 0.400. The smallest absolute Gasteiger partial charge is 0.215 e. The van der Waals surface area contributed by atoms with E-state index in [4.69, 9.17) is 5.11 Å². The molecule has 0 heterocycles. The van der Waals surface area contributed by atoms with Crippen LogP contribution in [0.15, 0.2) is 24.3 Å². The topological polar surface area (TPSA) is 66.4 Å². The van der Waals surface area contributed by atoms with E-state index >= 15 is 0 Å². The van der Waals surface area contributed by atoms with Crippen molar-refractivity contribution in [3.63, 3.8) is 0 Å². The lowest BCUT2D eigenvalue weighted by Crippen LogP contribution is -2.31. The molecule has 0 bridgehead atoms. The molecule has 2 N–H and O–H groups in total. The van der Waals surface area contributed by atoms with Gasteiger partial charge in [-0.1, -0.05) is 12.1 Å². The van der Waals surface area contributed by atoms with Gasteiger partial charge >= 0.3 is 0 Å². The van der Waals surface area contributed by atoms with Crippen LogP contribution in [-0.4, -0.2) is 26.2 Å². The van der Waals surface area contributed by atoms with Gasteiger partial charge in [-0.3, -0.25) is 0 Å². The Bertz CT molecular complexity index is 445. The molecule has 6 heteroatoms. The van der Waals surface area contributed by atoms with E-state index in [1.54, 1.807) is 0 Å². The molecule has 0 aliphatic carbocycles. The molecule has 1 rings (SSSR count). The lowest BCUT2D eigenvalue weighted by atomic mass is 10.2. The zero-order valence-corrected chi connectivity index (χ0v) is 9.67. The monoisotopic (exact) mass is 247 g/mol. The third-order valence-electron chi connectivity index (χ3n) is 1.84. The van der Waals surface area contributed by atoms with E-state index in [0.29, 0.717) is 5.56 Å². The Morgan fingerprint density at radius 3 is 2.75 bits per heavy atom. The summed E-state index contributed by atoms with van der Waals surface area (Å²) in [4.78, 5) is 0. The quantitative estimate of drug-likeness (QED) is 0.802. The maximum Gasteiger partial charge on any atom is 0.215 e. The second-order valence-electron chi connectivity index (χ2n) is 3.59. The molecule has 0 spiro atoms. The predicted octanol–water partition coefficient (Wildman–Crippen LogP) is 0.626. The summed E-state index contributed by atoms with van der Waals surface area (Å²) in [5.41, 5.74) is 0.373. The van der Waals surface area contributed by atoms with Gasteiger partial charge in [-0.25, -0.2) is 17.5 Å². The van der Waals surface area contributed by atoms with Crippen molar-refractivity contribution < 1.29 is 17.9 Å². The van der Waals surface area contributed by atoms with Crippen LogP contribution >= 0.6 is 0 Å². The molecular weight excluding hydrogens is 233 g/mol. The van der Waals surface area contributed by atoms with Crippen LogP contribution in [-0.2, 0) is 15.8 Å². The molecule has 0 radical (unpaired) electrons. The first-order chi connectivity index (χ1) is 7.39. The average molecular weight is 247 g/mol. The predicted molar refractivity (Wildman–Crippen MR) is 58.7 cm³/mol. The summed E-state index contributed by atoms with van der Waals surface area (Å²) in [6, 6.07) is 5.40. The number of aliphatic hydroxyl groups excluding tert-OH is 1. The summed E-state index contributed by atoms with van der Waals surface area (Å²) in [7, 11) is -3.52. The van der Waals surface area contributed by atoms with Gasteiger partial charge in [0.1, 0.15) is 5.82 Å². The number of hydrogen-bond acceptors (Lipinski definition) is 3. The number of nitrogens with one attached hydrogen (secondary N) is 1. The van der Waals surface area contributed by atoms with E-state index < -0.39 is 21.9 Å². The zero-order valence-electron chi connectivity index (χ0n) is 8.85. The molecule has 0 fully saturated rings. The van der Waals surface area contributed by atoms with Gasteiger partial charge in [-0.05, 0) is 24.6 Å². The molecule has 90 valence electrons. The van der Waals surface area contributed by atoms with Crippen LogP contribution in [0.5, 0.6) is 0 Å². The highest BCUT2D eigenvalue weighted by Crippen LogP contribution is 2.07. The summed E-state index contributed by atoms with van der Waals surface area (Å²) in [6.45, 7) is 1.43. The molecule has 1 atom stereocenters. The van der Waals surface area contributed by atoms with Gasteiger partial charge in [-0.2, -0.15) is 0 Å². The molecule has 0 aliphatic heterocycles. The molecule has 0 aromatic heterocycles. The summed E-state index contributed by atoms with van der Waals surface area (Å²) in [5.74, 6) is -0.763. The van der Waals surface area contributed by atoms with Gasteiger partial charge in [0, 0.05) is 6.54 Å². The van der Waals surface area contributed by atoms with Crippen molar-refractivity contribution in [2.24, 2.45) is 0 Å². The lowest BCUT2D eigenvalue weighted by Gasteiger charge is -2.08. The first-order valence-electron chi connectivity index (χ1n) is 4.79. The Morgan fingerprint density at radius 2 is 2.19 bits per heavy atom.